The summed E-state index contributed by atoms with van der Waals surface area (Å²) >= 11 is 0. The molecular formula is C18H34O4. The summed E-state index contributed by atoms with van der Waals surface area (Å²) in [6.07, 6.45) is 11.8. The summed E-state index contributed by atoms with van der Waals surface area (Å²) in [6.45, 7) is 5.15. The van der Waals surface area contributed by atoms with Gasteiger partial charge in [0.1, 0.15) is 0 Å². The van der Waals surface area contributed by atoms with E-state index in [4.69, 9.17) is 9.47 Å². The molecule has 0 rings (SSSR count). The Hall–Kier alpha value is -1.06. The average molecular weight is 314 g/mol. The van der Waals surface area contributed by atoms with Crippen LogP contribution in [0.15, 0.2) is 0 Å². The van der Waals surface area contributed by atoms with Crippen LogP contribution < -0.4 is 0 Å². The van der Waals surface area contributed by atoms with Crippen molar-refractivity contribution in [2.24, 2.45) is 0 Å². The molecule has 0 aromatic carbocycles. The van der Waals surface area contributed by atoms with E-state index in [-0.39, 0.29) is 11.9 Å². The monoisotopic (exact) mass is 314 g/mol. The number of rotatable bonds is 15. The number of hydrogen-bond acceptors (Lipinski definition) is 4. The Morgan fingerprint density at radius 2 is 1.09 bits per heavy atom. The van der Waals surface area contributed by atoms with E-state index >= 15 is 0 Å². The van der Waals surface area contributed by atoms with Gasteiger partial charge in [0, 0.05) is 12.8 Å². The Kier molecular flexibility index (Phi) is 15.5. The second-order valence-electron chi connectivity index (χ2n) is 5.77. The van der Waals surface area contributed by atoms with Gasteiger partial charge in [0.05, 0.1) is 13.2 Å². The molecule has 0 saturated carbocycles. The van der Waals surface area contributed by atoms with Crippen LogP contribution in [0.5, 0.6) is 0 Å². The summed E-state index contributed by atoms with van der Waals surface area (Å²) in [5, 5.41) is 0. The molecule has 4 heteroatoms. The van der Waals surface area contributed by atoms with Crippen molar-refractivity contribution >= 4 is 11.9 Å². The molecule has 0 atom stereocenters. The van der Waals surface area contributed by atoms with Gasteiger partial charge in [-0.05, 0) is 19.3 Å². The molecule has 4 nitrogen and oxygen atoms in total. The van der Waals surface area contributed by atoms with Gasteiger partial charge < -0.3 is 9.47 Å². The van der Waals surface area contributed by atoms with Crippen molar-refractivity contribution in [2.45, 2.75) is 90.9 Å². The highest BCUT2D eigenvalue weighted by molar-refractivity contribution is 5.72. The van der Waals surface area contributed by atoms with Crippen molar-refractivity contribution in [2.75, 3.05) is 13.2 Å². The summed E-state index contributed by atoms with van der Waals surface area (Å²) in [7, 11) is 0. The van der Waals surface area contributed by atoms with Crippen LogP contribution in [0, 0.1) is 0 Å². The first-order chi connectivity index (χ1) is 10.7. The summed E-state index contributed by atoms with van der Waals surface area (Å²) in [4.78, 5) is 22.7. The Morgan fingerprint density at radius 3 is 1.64 bits per heavy atom. The molecule has 130 valence electrons. The van der Waals surface area contributed by atoms with E-state index in [0.717, 1.165) is 19.3 Å². The fraction of sp³-hybridized carbons (Fsp3) is 0.889. The van der Waals surface area contributed by atoms with Crippen LogP contribution in [0.2, 0.25) is 0 Å². The lowest BCUT2D eigenvalue weighted by Crippen LogP contribution is -2.09. The van der Waals surface area contributed by atoms with E-state index in [2.05, 4.69) is 6.92 Å². The molecule has 0 aliphatic rings. The zero-order chi connectivity index (χ0) is 16.5. The number of ether oxygens (including phenoxy) is 2. The van der Waals surface area contributed by atoms with Gasteiger partial charge in [0.2, 0.25) is 0 Å². The Morgan fingerprint density at radius 1 is 0.591 bits per heavy atom. The maximum atomic E-state index is 11.5. The third kappa shape index (κ3) is 15.3. The van der Waals surface area contributed by atoms with E-state index in [0.29, 0.717) is 32.5 Å². The Balaban J connectivity index is 3.27. The highest BCUT2D eigenvalue weighted by Gasteiger charge is 2.06. The average Bonchev–Trinajstić information content (AvgIpc) is 2.51. The molecule has 0 N–H and O–H groups in total. The molecule has 0 bridgehead atoms. The van der Waals surface area contributed by atoms with E-state index in [1.54, 1.807) is 0 Å². The lowest BCUT2D eigenvalue weighted by atomic mass is 10.1. The first-order valence-electron chi connectivity index (χ1n) is 9.02. The van der Waals surface area contributed by atoms with Crippen LogP contribution >= 0.6 is 0 Å². The van der Waals surface area contributed by atoms with Gasteiger partial charge in [-0.2, -0.15) is 0 Å². The number of carbonyl (C=O) groups excluding carboxylic acids is 2. The number of hydrogen-bond donors (Lipinski definition) is 0. The first-order valence-corrected chi connectivity index (χ1v) is 9.02. The molecule has 0 radical (unpaired) electrons. The summed E-state index contributed by atoms with van der Waals surface area (Å²) in [5.41, 5.74) is 0. The van der Waals surface area contributed by atoms with Crippen molar-refractivity contribution < 1.29 is 19.1 Å². The highest BCUT2D eigenvalue weighted by atomic mass is 16.5. The highest BCUT2D eigenvalue weighted by Crippen LogP contribution is 2.08. The smallest absolute Gasteiger partial charge is 0.305 e. The molecule has 0 unspecified atom stereocenters. The summed E-state index contributed by atoms with van der Waals surface area (Å²) in [6, 6.07) is 0. The normalized spacial score (nSPS) is 10.5. The molecule has 0 aliphatic heterocycles. The first kappa shape index (κ1) is 20.9. The zero-order valence-corrected chi connectivity index (χ0v) is 14.5. The van der Waals surface area contributed by atoms with Gasteiger partial charge in [0.15, 0.2) is 0 Å². The molecule has 0 spiro atoms. The maximum absolute atomic E-state index is 11.5. The molecule has 0 aromatic heterocycles. The molecule has 0 fully saturated rings. The van der Waals surface area contributed by atoms with E-state index in [9.17, 15) is 9.59 Å². The van der Waals surface area contributed by atoms with Gasteiger partial charge in [-0.15, -0.1) is 0 Å². The van der Waals surface area contributed by atoms with Crippen LogP contribution in [0.4, 0.5) is 0 Å². The maximum Gasteiger partial charge on any atom is 0.305 e. The van der Waals surface area contributed by atoms with Crippen molar-refractivity contribution in [1.29, 1.82) is 0 Å². The van der Waals surface area contributed by atoms with Crippen LogP contribution in [0.1, 0.15) is 90.9 Å². The van der Waals surface area contributed by atoms with Gasteiger partial charge in [-0.1, -0.05) is 58.8 Å². The van der Waals surface area contributed by atoms with Crippen LogP contribution in [-0.2, 0) is 19.1 Å². The molecule has 0 aliphatic carbocycles. The molecular weight excluding hydrogens is 280 g/mol. The number of carbonyl (C=O) groups is 2. The quantitative estimate of drug-likeness (QED) is 0.322. The number of unbranched alkanes of at least 4 members (excludes halogenated alkanes) is 7. The van der Waals surface area contributed by atoms with E-state index in [1.807, 2.05) is 6.92 Å². The van der Waals surface area contributed by atoms with Crippen molar-refractivity contribution in [3.8, 4) is 0 Å². The third-order valence-electron chi connectivity index (χ3n) is 3.49. The molecule has 0 saturated heterocycles. The summed E-state index contributed by atoms with van der Waals surface area (Å²) in [5.74, 6) is -0.427. The molecule has 0 heterocycles. The lowest BCUT2D eigenvalue weighted by Gasteiger charge is -2.05. The number of esters is 2. The van der Waals surface area contributed by atoms with Gasteiger partial charge in [-0.3, -0.25) is 9.59 Å². The largest absolute Gasteiger partial charge is 0.466 e. The lowest BCUT2D eigenvalue weighted by molar-refractivity contribution is -0.145. The van der Waals surface area contributed by atoms with Gasteiger partial charge in [-0.25, -0.2) is 0 Å². The Bertz CT molecular complexity index is 276. The van der Waals surface area contributed by atoms with Gasteiger partial charge >= 0.3 is 11.9 Å². The summed E-state index contributed by atoms with van der Waals surface area (Å²) < 4.78 is 10.1. The van der Waals surface area contributed by atoms with Crippen molar-refractivity contribution in [1.82, 2.24) is 0 Å². The van der Waals surface area contributed by atoms with Crippen molar-refractivity contribution in [3.05, 3.63) is 0 Å². The van der Waals surface area contributed by atoms with E-state index < -0.39 is 0 Å². The van der Waals surface area contributed by atoms with Gasteiger partial charge in [0.25, 0.3) is 0 Å². The Labute approximate surface area is 135 Å². The molecule has 0 amide bonds. The standard InChI is InChI=1S/C18H34O4/c1-3-5-6-7-8-9-10-11-16-22-18(20)14-12-13-17(19)21-15-4-2/h3-16H2,1-2H3. The van der Waals surface area contributed by atoms with Crippen LogP contribution in [0.25, 0.3) is 0 Å². The van der Waals surface area contributed by atoms with Crippen LogP contribution in [0.3, 0.4) is 0 Å². The second kappa shape index (κ2) is 16.3. The fourth-order valence-electron chi connectivity index (χ4n) is 2.16. The van der Waals surface area contributed by atoms with Crippen molar-refractivity contribution in [3.63, 3.8) is 0 Å². The fourth-order valence-corrected chi connectivity index (χ4v) is 2.16. The van der Waals surface area contributed by atoms with E-state index in [1.165, 1.54) is 38.5 Å². The third-order valence-corrected chi connectivity index (χ3v) is 3.49. The minimum absolute atomic E-state index is 0.203. The van der Waals surface area contributed by atoms with Crippen LogP contribution in [-0.4, -0.2) is 25.2 Å². The molecule has 22 heavy (non-hydrogen) atoms. The topological polar surface area (TPSA) is 52.6 Å². The predicted molar refractivity (Wildman–Crippen MR) is 88.7 cm³/mol. The minimum Gasteiger partial charge on any atom is -0.466 e. The predicted octanol–water partition coefficient (Wildman–Crippen LogP) is 4.79. The minimum atomic E-state index is -0.224. The molecule has 0 aromatic rings. The zero-order valence-electron chi connectivity index (χ0n) is 14.5. The second-order valence-corrected chi connectivity index (χ2v) is 5.77. The SMILES string of the molecule is CCCCCCCCCCOC(=O)CCCC(=O)OCCC.